The average Bonchev–Trinajstić information content (AvgIpc) is 1.77. The van der Waals surface area contributed by atoms with Crippen LogP contribution in [0, 0.1) is 5.92 Å². The van der Waals surface area contributed by atoms with Crippen LogP contribution in [0.4, 0.5) is 26.3 Å². The maximum absolute atomic E-state index is 11.9. The van der Waals surface area contributed by atoms with E-state index in [1.54, 1.807) is 0 Å². The smallest absolute Gasteiger partial charge is 0.170 e. The van der Waals surface area contributed by atoms with Gasteiger partial charge < -0.3 is 0 Å². The fourth-order valence-corrected chi connectivity index (χ4v) is 1.29. The summed E-state index contributed by atoms with van der Waals surface area (Å²) in [6.07, 6.45) is -11.3. The number of hydrogen-bond acceptors (Lipinski definition) is 0. The van der Waals surface area contributed by atoms with E-state index >= 15 is 0 Å². The lowest BCUT2D eigenvalue weighted by atomic mass is 10.0. The van der Waals surface area contributed by atoms with E-state index in [0.29, 0.717) is 0 Å². The van der Waals surface area contributed by atoms with Gasteiger partial charge in [-0.3, -0.25) is 0 Å². The lowest BCUT2D eigenvalue weighted by Crippen LogP contribution is -2.37. The molecule has 0 amide bonds. The van der Waals surface area contributed by atoms with Crippen LogP contribution in [-0.4, -0.2) is 16.3 Å². The van der Waals surface area contributed by atoms with Crippen molar-refractivity contribution in [2.24, 2.45) is 5.92 Å². The van der Waals surface area contributed by atoms with Crippen LogP contribution >= 0.6 is 22.6 Å². The Kier molecular flexibility index (Phi) is 4.32. The molecule has 0 heterocycles. The lowest BCUT2D eigenvalue weighted by Gasteiger charge is -2.23. The van der Waals surface area contributed by atoms with E-state index in [2.05, 4.69) is 0 Å². The standard InChI is InChI=1S/C6H7F6I/c1-3(13)2-4(5(7,8)9)6(10,11)12/h3-4H,2H2,1H3. The summed E-state index contributed by atoms with van der Waals surface area (Å²) >= 11 is 1.54. The lowest BCUT2D eigenvalue weighted by molar-refractivity contribution is -0.285. The number of hydrogen-bond donors (Lipinski definition) is 0. The van der Waals surface area contributed by atoms with Crippen molar-refractivity contribution in [2.45, 2.75) is 29.6 Å². The number of alkyl halides is 7. The predicted octanol–water partition coefficient (Wildman–Crippen LogP) is 3.94. The third-order valence-electron chi connectivity index (χ3n) is 1.35. The van der Waals surface area contributed by atoms with Crippen LogP contribution in [-0.2, 0) is 0 Å². The molecule has 0 nitrogen and oxygen atoms in total. The fourth-order valence-electron chi connectivity index (χ4n) is 0.778. The van der Waals surface area contributed by atoms with Crippen molar-refractivity contribution in [1.29, 1.82) is 0 Å². The van der Waals surface area contributed by atoms with Crippen molar-refractivity contribution in [2.75, 3.05) is 0 Å². The molecular formula is C6H7F6I. The van der Waals surface area contributed by atoms with Gasteiger partial charge in [0.1, 0.15) is 0 Å². The molecular weight excluding hydrogens is 313 g/mol. The molecule has 13 heavy (non-hydrogen) atoms. The first-order valence-corrected chi connectivity index (χ1v) is 4.57. The number of rotatable bonds is 2. The monoisotopic (exact) mass is 320 g/mol. The minimum Gasteiger partial charge on any atom is -0.170 e. The molecule has 0 saturated heterocycles. The van der Waals surface area contributed by atoms with E-state index in [4.69, 9.17) is 0 Å². The summed E-state index contributed by atoms with van der Waals surface area (Å²) in [5.74, 6) is -3.20. The van der Waals surface area contributed by atoms with E-state index in [1.165, 1.54) is 29.5 Å². The molecule has 0 aromatic heterocycles. The third kappa shape index (κ3) is 4.92. The normalized spacial score (nSPS) is 16.4. The molecule has 7 heteroatoms. The molecule has 0 aliphatic carbocycles. The molecule has 0 bridgehead atoms. The topological polar surface area (TPSA) is 0 Å². The highest BCUT2D eigenvalue weighted by atomic mass is 127. The van der Waals surface area contributed by atoms with Gasteiger partial charge in [0.05, 0.1) is 0 Å². The zero-order chi connectivity index (χ0) is 10.9. The Morgan fingerprint density at radius 1 is 1.00 bits per heavy atom. The molecule has 1 unspecified atom stereocenters. The second-order valence-corrected chi connectivity index (χ2v) is 4.78. The van der Waals surface area contributed by atoms with Gasteiger partial charge >= 0.3 is 12.4 Å². The van der Waals surface area contributed by atoms with Crippen molar-refractivity contribution in [3.63, 3.8) is 0 Å². The minimum absolute atomic E-state index is 0.661. The van der Waals surface area contributed by atoms with Crippen LogP contribution in [0.25, 0.3) is 0 Å². The van der Waals surface area contributed by atoms with E-state index < -0.39 is 28.6 Å². The summed E-state index contributed by atoms with van der Waals surface area (Å²) in [4.78, 5) is 0. The molecule has 0 saturated carbocycles. The Morgan fingerprint density at radius 2 is 1.31 bits per heavy atom. The zero-order valence-corrected chi connectivity index (χ0v) is 8.67. The summed E-state index contributed by atoms with van der Waals surface area (Å²) in [5.41, 5.74) is 0. The summed E-state index contributed by atoms with van der Waals surface area (Å²) < 4.78 is 70.5. The van der Waals surface area contributed by atoms with E-state index in [0.717, 1.165) is 0 Å². The average molecular weight is 320 g/mol. The first-order chi connectivity index (χ1) is 5.55. The van der Waals surface area contributed by atoms with Crippen molar-refractivity contribution < 1.29 is 26.3 Å². The molecule has 0 aliphatic rings. The molecule has 0 rings (SSSR count). The van der Waals surface area contributed by atoms with Crippen molar-refractivity contribution in [3.8, 4) is 0 Å². The first kappa shape index (κ1) is 13.3. The summed E-state index contributed by atoms with van der Waals surface area (Å²) in [6.45, 7) is 1.31. The Labute approximate surface area is 84.8 Å². The van der Waals surface area contributed by atoms with Crippen molar-refractivity contribution >= 4 is 22.6 Å². The largest absolute Gasteiger partial charge is 0.400 e. The van der Waals surface area contributed by atoms with Crippen molar-refractivity contribution in [3.05, 3.63) is 0 Å². The van der Waals surface area contributed by atoms with Gasteiger partial charge in [-0.1, -0.05) is 29.5 Å². The Morgan fingerprint density at radius 3 is 1.38 bits per heavy atom. The molecule has 0 spiro atoms. The highest BCUT2D eigenvalue weighted by Gasteiger charge is 2.56. The minimum atomic E-state index is -5.20. The van der Waals surface area contributed by atoms with Gasteiger partial charge in [0.2, 0.25) is 0 Å². The maximum atomic E-state index is 11.9. The Balaban J connectivity index is 4.58. The van der Waals surface area contributed by atoms with Gasteiger partial charge in [0.25, 0.3) is 0 Å². The molecule has 0 aromatic rings. The zero-order valence-electron chi connectivity index (χ0n) is 6.51. The highest BCUT2D eigenvalue weighted by Crippen LogP contribution is 2.42. The van der Waals surface area contributed by atoms with Gasteiger partial charge in [0.15, 0.2) is 5.92 Å². The second-order valence-electron chi connectivity index (χ2n) is 2.65. The SMILES string of the molecule is CC(I)CC(C(F)(F)F)C(F)(F)F. The molecule has 0 aliphatic heterocycles. The maximum Gasteiger partial charge on any atom is 0.400 e. The van der Waals surface area contributed by atoms with Gasteiger partial charge in [-0.15, -0.1) is 0 Å². The molecule has 0 N–H and O–H groups in total. The van der Waals surface area contributed by atoms with Crippen LogP contribution in [0.1, 0.15) is 13.3 Å². The molecule has 1 atom stereocenters. The van der Waals surface area contributed by atoms with E-state index in [1.807, 2.05) is 0 Å². The number of halogens is 7. The van der Waals surface area contributed by atoms with E-state index in [9.17, 15) is 26.3 Å². The van der Waals surface area contributed by atoms with Crippen LogP contribution < -0.4 is 0 Å². The predicted molar refractivity (Wildman–Crippen MR) is 43.7 cm³/mol. The van der Waals surface area contributed by atoms with Crippen molar-refractivity contribution in [1.82, 2.24) is 0 Å². The van der Waals surface area contributed by atoms with Gasteiger partial charge in [-0.25, -0.2) is 0 Å². The van der Waals surface area contributed by atoms with Gasteiger partial charge in [-0.2, -0.15) is 26.3 Å². The quantitative estimate of drug-likeness (QED) is 0.411. The summed E-state index contributed by atoms with van der Waals surface area (Å²) in [7, 11) is 0. The molecule has 0 aromatic carbocycles. The Bertz CT molecular complexity index is 143. The van der Waals surface area contributed by atoms with Crippen LogP contribution in [0.15, 0.2) is 0 Å². The summed E-state index contributed by atoms with van der Waals surface area (Å²) in [5, 5.41) is 0. The van der Waals surface area contributed by atoms with E-state index in [-0.39, 0.29) is 0 Å². The highest BCUT2D eigenvalue weighted by molar-refractivity contribution is 14.1. The molecule has 80 valence electrons. The van der Waals surface area contributed by atoms with Crippen LogP contribution in [0.3, 0.4) is 0 Å². The van der Waals surface area contributed by atoms with Gasteiger partial charge in [-0.05, 0) is 6.42 Å². The fraction of sp³-hybridized carbons (Fsp3) is 1.00. The van der Waals surface area contributed by atoms with Gasteiger partial charge in [0, 0.05) is 3.92 Å². The third-order valence-corrected chi connectivity index (χ3v) is 1.86. The molecule has 0 radical (unpaired) electrons. The molecule has 0 fully saturated rings. The Hall–Kier alpha value is 0.310. The van der Waals surface area contributed by atoms with Crippen LogP contribution in [0.2, 0.25) is 0 Å². The summed E-state index contributed by atoms with van der Waals surface area (Å²) in [6, 6.07) is 0. The first-order valence-electron chi connectivity index (χ1n) is 3.32. The second kappa shape index (κ2) is 4.22. The van der Waals surface area contributed by atoms with Crippen LogP contribution in [0.5, 0.6) is 0 Å².